The van der Waals surface area contributed by atoms with Crippen molar-refractivity contribution in [2.24, 2.45) is 4.99 Å². The molecule has 1 aliphatic rings. The highest BCUT2D eigenvalue weighted by Crippen LogP contribution is 2.29. The summed E-state index contributed by atoms with van der Waals surface area (Å²) in [5, 5.41) is 0.432. The molecule has 0 aliphatic carbocycles. The number of pyridine rings is 2. The van der Waals surface area contributed by atoms with E-state index >= 15 is 0 Å². The third kappa shape index (κ3) is 3.43. The molecule has 3 heterocycles. The van der Waals surface area contributed by atoms with Gasteiger partial charge in [0.2, 0.25) is 5.88 Å². The molecule has 114 valence electrons. The molecule has 6 heteroatoms. The van der Waals surface area contributed by atoms with Crippen LogP contribution in [0.3, 0.4) is 0 Å². The first-order valence-corrected chi connectivity index (χ1v) is 7.50. The molecule has 0 saturated carbocycles. The minimum Gasteiger partial charge on any atom is -0.466 e. The zero-order valence-corrected chi connectivity index (χ0v) is 13.1. The lowest BCUT2D eigenvalue weighted by Gasteiger charge is -2.21. The smallest absolute Gasteiger partial charge is 0.220 e. The lowest BCUT2D eigenvalue weighted by atomic mass is 10.2. The van der Waals surface area contributed by atoms with Gasteiger partial charge in [0, 0.05) is 44.7 Å². The Bertz CT molecular complexity index is 662. The summed E-state index contributed by atoms with van der Waals surface area (Å²) in [5.41, 5.74) is 1.91. The van der Waals surface area contributed by atoms with Gasteiger partial charge < -0.3 is 4.74 Å². The van der Waals surface area contributed by atoms with Gasteiger partial charge in [0.1, 0.15) is 5.15 Å². The highest BCUT2D eigenvalue weighted by Gasteiger charge is 2.25. The second-order valence-corrected chi connectivity index (χ2v) is 5.48. The molecule has 0 bridgehead atoms. The second-order valence-electron chi connectivity index (χ2n) is 5.09. The van der Waals surface area contributed by atoms with Gasteiger partial charge in [-0.05, 0) is 24.3 Å². The zero-order chi connectivity index (χ0) is 15.4. The van der Waals surface area contributed by atoms with Crippen molar-refractivity contribution in [3.8, 4) is 5.88 Å². The monoisotopic (exact) mass is 316 g/mol. The van der Waals surface area contributed by atoms with Crippen LogP contribution in [0.1, 0.15) is 17.4 Å². The Morgan fingerprint density at radius 2 is 2.32 bits per heavy atom. The van der Waals surface area contributed by atoms with Crippen molar-refractivity contribution >= 4 is 17.8 Å². The summed E-state index contributed by atoms with van der Waals surface area (Å²) < 4.78 is 6.09. The van der Waals surface area contributed by atoms with E-state index in [4.69, 9.17) is 16.3 Å². The van der Waals surface area contributed by atoms with Gasteiger partial charge in [-0.15, -0.1) is 0 Å². The number of hydrogen-bond donors (Lipinski definition) is 0. The molecular formula is C16H17ClN4O. The van der Waals surface area contributed by atoms with Crippen LogP contribution in [0.4, 0.5) is 0 Å². The van der Waals surface area contributed by atoms with E-state index in [1.807, 2.05) is 30.5 Å². The molecule has 5 nitrogen and oxygen atoms in total. The number of aromatic nitrogens is 2. The Morgan fingerprint density at radius 3 is 3.09 bits per heavy atom. The van der Waals surface area contributed by atoms with Crippen LogP contribution in [0.15, 0.2) is 41.5 Å². The molecule has 0 saturated heterocycles. The van der Waals surface area contributed by atoms with Gasteiger partial charge in [0.15, 0.2) is 6.10 Å². The molecular weight excluding hydrogens is 300 g/mol. The Hall–Kier alpha value is -1.98. The van der Waals surface area contributed by atoms with E-state index in [0.717, 1.165) is 30.9 Å². The summed E-state index contributed by atoms with van der Waals surface area (Å²) in [5.74, 6) is 0.582. The van der Waals surface area contributed by atoms with Crippen molar-refractivity contribution in [3.63, 3.8) is 0 Å². The van der Waals surface area contributed by atoms with Crippen molar-refractivity contribution in [1.82, 2.24) is 14.9 Å². The Morgan fingerprint density at radius 1 is 1.41 bits per heavy atom. The van der Waals surface area contributed by atoms with Crippen molar-refractivity contribution < 1.29 is 4.74 Å². The highest BCUT2D eigenvalue weighted by atomic mass is 35.5. The molecule has 1 atom stereocenters. The van der Waals surface area contributed by atoms with Gasteiger partial charge in [-0.1, -0.05) is 17.7 Å². The predicted molar refractivity (Wildman–Crippen MR) is 86.5 cm³/mol. The maximum atomic E-state index is 6.09. The summed E-state index contributed by atoms with van der Waals surface area (Å²) in [6.07, 6.45) is 3.48. The van der Waals surface area contributed by atoms with Gasteiger partial charge in [-0.3, -0.25) is 14.9 Å². The minimum atomic E-state index is -0.182. The molecule has 22 heavy (non-hydrogen) atoms. The summed E-state index contributed by atoms with van der Waals surface area (Å²) in [6.45, 7) is 2.22. The van der Waals surface area contributed by atoms with Gasteiger partial charge in [-0.25, -0.2) is 4.98 Å². The number of rotatable bonds is 3. The van der Waals surface area contributed by atoms with Crippen LogP contribution in [0, 0.1) is 0 Å². The Kier molecular flexibility index (Phi) is 4.65. The van der Waals surface area contributed by atoms with Crippen LogP contribution in [0.2, 0.25) is 5.15 Å². The zero-order valence-electron chi connectivity index (χ0n) is 12.3. The van der Waals surface area contributed by atoms with E-state index < -0.39 is 0 Å². The summed E-state index contributed by atoms with van der Waals surface area (Å²) in [4.78, 5) is 15.1. The number of nitrogens with zero attached hydrogens (tertiary/aromatic N) is 4. The summed E-state index contributed by atoms with van der Waals surface area (Å²) in [7, 11) is 1.78. The van der Waals surface area contributed by atoms with Gasteiger partial charge in [-0.2, -0.15) is 0 Å². The molecule has 1 unspecified atom stereocenters. The van der Waals surface area contributed by atoms with E-state index in [-0.39, 0.29) is 6.10 Å². The average molecular weight is 317 g/mol. The maximum absolute atomic E-state index is 6.09. The first kappa shape index (κ1) is 14.9. The SMILES string of the molecule is CN=CCN1Cc2ccc(Cl)nc2OC(c2ccccn2)C1. The molecule has 2 aromatic rings. The molecule has 0 N–H and O–H groups in total. The van der Waals surface area contributed by atoms with E-state index in [9.17, 15) is 0 Å². The largest absolute Gasteiger partial charge is 0.466 e. The van der Waals surface area contributed by atoms with Crippen molar-refractivity contribution in [2.45, 2.75) is 12.6 Å². The van der Waals surface area contributed by atoms with E-state index in [0.29, 0.717) is 11.0 Å². The normalized spacial score (nSPS) is 18.7. The maximum Gasteiger partial charge on any atom is 0.220 e. The molecule has 0 aromatic carbocycles. The second kappa shape index (κ2) is 6.85. The van der Waals surface area contributed by atoms with Crippen molar-refractivity contribution in [3.05, 3.63) is 52.9 Å². The molecule has 0 amide bonds. The quantitative estimate of drug-likeness (QED) is 0.645. The van der Waals surface area contributed by atoms with Crippen LogP contribution in [-0.4, -0.2) is 41.2 Å². The molecule has 0 radical (unpaired) electrons. The van der Waals surface area contributed by atoms with Crippen LogP contribution in [0.25, 0.3) is 0 Å². The van der Waals surface area contributed by atoms with Crippen LogP contribution >= 0.6 is 11.6 Å². The summed E-state index contributed by atoms with van der Waals surface area (Å²) in [6, 6.07) is 9.57. The topological polar surface area (TPSA) is 50.6 Å². The van der Waals surface area contributed by atoms with E-state index in [2.05, 4.69) is 19.9 Å². The molecule has 2 aromatic heterocycles. The van der Waals surface area contributed by atoms with Crippen LogP contribution in [-0.2, 0) is 6.54 Å². The highest BCUT2D eigenvalue weighted by molar-refractivity contribution is 6.29. The van der Waals surface area contributed by atoms with E-state index in [1.54, 1.807) is 19.3 Å². The predicted octanol–water partition coefficient (Wildman–Crippen LogP) is 2.77. The number of fused-ring (bicyclic) bond motifs is 1. The minimum absolute atomic E-state index is 0.182. The van der Waals surface area contributed by atoms with Gasteiger partial charge in [0.25, 0.3) is 0 Å². The van der Waals surface area contributed by atoms with E-state index in [1.165, 1.54) is 0 Å². The fraction of sp³-hybridized carbons (Fsp3) is 0.312. The molecule has 1 aliphatic heterocycles. The van der Waals surface area contributed by atoms with Crippen LogP contribution in [0.5, 0.6) is 5.88 Å². The average Bonchev–Trinajstić information content (AvgIpc) is 2.72. The standard InChI is InChI=1S/C16H17ClN4O/c1-18-8-9-21-10-12-5-6-15(17)20-16(12)22-14(11-21)13-4-2-3-7-19-13/h2-8,14H,9-11H2,1H3. The fourth-order valence-corrected chi connectivity index (χ4v) is 2.58. The van der Waals surface area contributed by atoms with Crippen molar-refractivity contribution in [2.75, 3.05) is 20.1 Å². The number of ether oxygens (including phenoxy) is 1. The van der Waals surface area contributed by atoms with Crippen molar-refractivity contribution in [1.29, 1.82) is 0 Å². The Labute approximate surface area is 134 Å². The third-order valence-electron chi connectivity index (χ3n) is 3.52. The first-order chi connectivity index (χ1) is 10.8. The molecule has 0 spiro atoms. The fourth-order valence-electron chi connectivity index (χ4n) is 2.44. The number of halogens is 1. The number of aliphatic imine (C=N–C) groups is 1. The van der Waals surface area contributed by atoms with Crippen LogP contribution < -0.4 is 4.74 Å². The lowest BCUT2D eigenvalue weighted by molar-refractivity contribution is 0.151. The Balaban J connectivity index is 1.94. The first-order valence-electron chi connectivity index (χ1n) is 7.12. The van der Waals surface area contributed by atoms with Gasteiger partial charge in [0.05, 0.1) is 5.69 Å². The lowest BCUT2D eigenvalue weighted by Crippen LogP contribution is -2.30. The number of hydrogen-bond acceptors (Lipinski definition) is 5. The summed E-state index contributed by atoms with van der Waals surface area (Å²) >= 11 is 6.00. The van der Waals surface area contributed by atoms with Gasteiger partial charge >= 0.3 is 0 Å². The molecule has 0 fully saturated rings. The molecule has 3 rings (SSSR count). The third-order valence-corrected chi connectivity index (χ3v) is 3.73.